The molecule has 3 aromatic carbocycles. The van der Waals surface area contributed by atoms with Crippen LogP contribution >= 0.6 is 0 Å². The van der Waals surface area contributed by atoms with Crippen LogP contribution < -0.4 is 4.74 Å². The first-order chi connectivity index (χ1) is 13.1. The Labute approximate surface area is 153 Å². The van der Waals surface area contributed by atoms with E-state index in [9.17, 15) is 13.6 Å². The number of hydrogen-bond acceptors (Lipinski definition) is 4. The number of fused-ring (bicyclic) bond motifs is 1. The number of esters is 1. The number of carbonyl (C=O) groups is 1. The number of nitrogens with zero attached hydrogens (tertiary/aromatic N) is 1. The maximum Gasteiger partial charge on any atom is 0.346 e. The minimum Gasteiger partial charge on any atom is -0.423 e. The highest BCUT2D eigenvalue weighted by Crippen LogP contribution is 2.26. The zero-order chi connectivity index (χ0) is 18.8. The highest BCUT2D eigenvalue weighted by atomic mass is 19.1. The van der Waals surface area contributed by atoms with Gasteiger partial charge < -0.3 is 9.26 Å². The van der Waals surface area contributed by atoms with E-state index in [0.717, 1.165) is 0 Å². The van der Waals surface area contributed by atoms with E-state index in [0.29, 0.717) is 22.2 Å². The number of ether oxygens (including phenoxy) is 1. The summed E-state index contributed by atoms with van der Waals surface area (Å²) < 4.78 is 38.0. The largest absolute Gasteiger partial charge is 0.423 e. The quantitative estimate of drug-likeness (QED) is 0.381. The number of aromatic nitrogens is 1. The molecule has 0 saturated carbocycles. The van der Waals surface area contributed by atoms with Crippen LogP contribution in [0.15, 0.2) is 71.3 Å². The molecule has 0 radical (unpaired) electrons. The third kappa shape index (κ3) is 3.42. The molecular weight excluding hydrogens is 352 g/mol. The molecule has 0 aliphatic heterocycles. The molecule has 0 bridgehead atoms. The molecule has 0 amide bonds. The topological polar surface area (TPSA) is 52.3 Å². The number of benzene rings is 3. The summed E-state index contributed by atoms with van der Waals surface area (Å²) in [5.41, 5.74) is 1.31. The summed E-state index contributed by atoms with van der Waals surface area (Å²) in [5.74, 6) is -1.58. The Balaban J connectivity index is 1.58. The Kier molecular flexibility index (Phi) is 4.38. The average Bonchev–Trinajstić information content (AvgIpc) is 3.06. The van der Waals surface area contributed by atoms with Crippen molar-refractivity contribution in [1.82, 2.24) is 5.16 Å². The summed E-state index contributed by atoms with van der Waals surface area (Å²) in [6.07, 6.45) is 0.272. The van der Waals surface area contributed by atoms with Crippen molar-refractivity contribution < 1.29 is 22.8 Å². The van der Waals surface area contributed by atoms with Gasteiger partial charge in [-0.25, -0.2) is 13.6 Å². The first kappa shape index (κ1) is 16.9. The molecule has 1 aromatic heterocycles. The van der Waals surface area contributed by atoms with Crippen LogP contribution in [0.4, 0.5) is 8.78 Å². The Morgan fingerprint density at radius 3 is 2.48 bits per heavy atom. The van der Waals surface area contributed by atoms with E-state index in [-0.39, 0.29) is 23.6 Å². The van der Waals surface area contributed by atoms with Gasteiger partial charge in [0.25, 0.3) is 0 Å². The summed E-state index contributed by atoms with van der Waals surface area (Å²) >= 11 is 0. The lowest BCUT2D eigenvalue weighted by Gasteiger charge is -2.05. The second-order valence-electron chi connectivity index (χ2n) is 5.92. The second kappa shape index (κ2) is 6.99. The minimum atomic E-state index is -0.807. The standard InChI is InChI=1S/C21H13F2NO3/c22-17-7-3-1-5-13(17)11-19-16-10-9-14(12-20(16)27-24-19)26-21(25)15-6-2-4-8-18(15)23/h1-10,12H,11H2. The summed E-state index contributed by atoms with van der Waals surface area (Å²) in [4.78, 5) is 12.1. The van der Waals surface area contributed by atoms with Gasteiger partial charge in [-0.1, -0.05) is 35.5 Å². The van der Waals surface area contributed by atoms with Gasteiger partial charge in [0.1, 0.15) is 17.4 Å². The molecule has 4 nitrogen and oxygen atoms in total. The molecule has 0 aliphatic rings. The van der Waals surface area contributed by atoms with Crippen LogP contribution in [-0.2, 0) is 6.42 Å². The maximum absolute atomic E-state index is 13.8. The third-order valence-corrected chi connectivity index (χ3v) is 4.14. The van der Waals surface area contributed by atoms with Crippen LogP contribution in [0.25, 0.3) is 11.0 Å². The summed E-state index contributed by atoms with van der Waals surface area (Å²) in [5, 5.41) is 4.67. The molecule has 27 heavy (non-hydrogen) atoms. The molecule has 6 heteroatoms. The highest BCUT2D eigenvalue weighted by molar-refractivity contribution is 5.92. The molecule has 0 saturated heterocycles. The van der Waals surface area contributed by atoms with E-state index in [1.807, 2.05) is 0 Å². The molecule has 1 heterocycles. The van der Waals surface area contributed by atoms with Crippen molar-refractivity contribution in [1.29, 1.82) is 0 Å². The lowest BCUT2D eigenvalue weighted by atomic mass is 10.1. The number of rotatable bonds is 4. The molecule has 4 rings (SSSR count). The number of carbonyl (C=O) groups excluding carboxylic acids is 1. The lowest BCUT2D eigenvalue weighted by molar-refractivity contribution is 0.0730. The maximum atomic E-state index is 13.8. The molecular formula is C21H13F2NO3. The normalized spacial score (nSPS) is 10.9. The van der Waals surface area contributed by atoms with Gasteiger partial charge in [0.05, 0.1) is 11.3 Å². The lowest BCUT2D eigenvalue weighted by Crippen LogP contribution is -2.10. The third-order valence-electron chi connectivity index (χ3n) is 4.14. The van der Waals surface area contributed by atoms with Gasteiger partial charge in [-0.3, -0.25) is 0 Å². The highest BCUT2D eigenvalue weighted by Gasteiger charge is 2.16. The Morgan fingerprint density at radius 1 is 0.963 bits per heavy atom. The van der Waals surface area contributed by atoms with Crippen molar-refractivity contribution >= 4 is 16.9 Å². The molecule has 134 valence electrons. The molecule has 0 aliphatic carbocycles. The van der Waals surface area contributed by atoms with Gasteiger partial charge >= 0.3 is 5.97 Å². The predicted octanol–water partition coefficient (Wildman–Crippen LogP) is 4.92. The summed E-state index contributed by atoms with van der Waals surface area (Å²) in [6, 6.07) is 16.7. The zero-order valence-corrected chi connectivity index (χ0v) is 14.0. The fourth-order valence-corrected chi connectivity index (χ4v) is 2.77. The number of hydrogen-bond donors (Lipinski definition) is 0. The van der Waals surface area contributed by atoms with Crippen LogP contribution in [-0.4, -0.2) is 11.1 Å². The predicted molar refractivity (Wildman–Crippen MR) is 94.6 cm³/mol. The van der Waals surface area contributed by atoms with E-state index in [4.69, 9.17) is 9.26 Å². The van der Waals surface area contributed by atoms with E-state index in [1.165, 1.54) is 30.3 Å². The van der Waals surface area contributed by atoms with Crippen molar-refractivity contribution in [3.8, 4) is 5.75 Å². The Morgan fingerprint density at radius 2 is 1.70 bits per heavy atom. The van der Waals surface area contributed by atoms with Crippen molar-refractivity contribution in [3.63, 3.8) is 0 Å². The average molecular weight is 365 g/mol. The van der Waals surface area contributed by atoms with Gasteiger partial charge in [0.2, 0.25) is 0 Å². The van der Waals surface area contributed by atoms with E-state index < -0.39 is 11.8 Å². The van der Waals surface area contributed by atoms with Crippen molar-refractivity contribution in [2.45, 2.75) is 6.42 Å². The number of halogens is 2. The summed E-state index contributed by atoms with van der Waals surface area (Å²) in [6.45, 7) is 0. The molecule has 0 N–H and O–H groups in total. The van der Waals surface area contributed by atoms with E-state index >= 15 is 0 Å². The van der Waals surface area contributed by atoms with Crippen molar-refractivity contribution in [3.05, 3.63) is 95.2 Å². The fourth-order valence-electron chi connectivity index (χ4n) is 2.77. The van der Waals surface area contributed by atoms with Crippen molar-refractivity contribution in [2.75, 3.05) is 0 Å². The van der Waals surface area contributed by atoms with Crippen LogP contribution in [0.3, 0.4) is 0 Å². The smallest absolute Gasteiger partial charge is 0.346 e. The molecule has 4 aromatic rings. The van der Waals surface area contributed by atoms with Crippen LogP contribution in [0.2, 0.25) is 0 Å². The fraction of sp³-hybridized carbons (Fsp3) is 0.0476. The van der Waals surface area contributed by atoms with Gasteiger partial charge in [0.15, 0.2) is 5.58 Å². The molecule has 0 fully saturated rings. The van der Waals surface area contributed by atoms with E-state index in [2.05, 4.69) is 5.16 Å². The van der Waals surface area contributed by atoms with Gasteiger partial charge in [-0.05, 0) is 35.9 Å². The first-order valence-electron chi connectivity index (χ1n) is 8.20. The van der Waals surface area contributed by atoms with Crippen LogP contribution in [0.1, 0.15) is 21.6 Å². The first-order valence-corrected chi connectivity index (χ1v) is 8.20. The summed E-state index contributed by atoms with van der Waals surface area (Å²) in [7, 11) is 0. The molecule has 0 unspecified atom stereocenters. The van der Waals surface area contributed by atoms with Gasteiger partial charge in [0, 0.05) is 17.9 Å². The van der Waals surface area contributed by atoms with Gasteiger partial charge in [-0.15, -0.1) is 0 Å². The van der Waals surface area contributed by atoms with Crippen molar-refractivity contribution in [2.24, 2.45) is 0 Å². The van der Waals surface area contributed by atoms with Gasteiger partial charge in [-0.2, -0.15) is 0 Å². The van der Waals surface area contributed by atoms with Crippen LogP contribution in [0.5, 0.6) is 5.75 Å². The molecule has 0 spiro atoms. The van der Waals surface area contributed by atoms with E-state index in [1.54, 1.807) is 36.4 Å². The SMILES string of the molecule is O=C(Oc1ccc2c(Cc3ccccc3F)noc2c1)c1ccccc1F. The Hall–Kier alpha value is -3.54. The Bertz CT molecular complexity index is 1140. The minimum absolute atomic E-state index is 0.157. The second-order valence-corrected chi connectivity index (χ2v) is 5.92. The molecule has 0 atom stereocenters. The zero-order valence-electron chi connectivity index (χ0n) is 14.0. The monoisotopic (exact) mass is 365 g/mol. The van der Waals surface area contributed by atoms with Crippen LogP contribution in [0, 0.1) is 11.6 Å².